The highest BCUT2D eigenvalue weighted by molar-refractivity contribution is 7.87. The van der Waals surface area contributed by atoms with E-state index in [9.17, 15) is 31.2 Å². The summed E-state index contributed by atoms with van der Waals surface area (Å²) >= 11 is 0. The molecule has 1 aromatic carbocycles. The fourth-order valence-electron chi connectivity index (χ4n) is 4.48. The van der Waals surface area contributed by atoms with Crippen LogP contribution in [0, 0.1) is 5.92 Å². The first kappa shape index (κ1) is 24.5. The average Bonchev–Trinajstić information content (AvgIpc) is 2.93. The van der Waals surface area contributed by atoms with E-state index in [1.54, 1.807) is 24.3 Å². The van der Waals surface area contributed by atoms with Crippen molar-refractivity contribution in [1.29, 1.82) is 0 Å². The van der Waals surface area contributed by atoms with Gasteiger partial charge in [-0.2, -0.15) is 21.6 Å². The third-order valence-corrected chi connectivity index (χ3v) is 7.10. The van der Waals surface area contributed by atoms with Crippen molar-refractivity contribution in [2.75, 3.05) is 0 Å². The molecule has 1 saturated carbocycles. The summed E-state index contributed by atoms with van der Waals surface area (Å²) in [7, 11) is -5.96. The predicted molar refractivity (Wildman–Crippen MR) is 107 cm³/mol. The van der Waals surface area contributed by atoms with E-state index in [0.29, 0.717) is 12.8 Å². The van der Waals surface area contributed by atoms with Crippen LogP contribution in [-0.4, -0.2) is 48.9 Å². The number of amides is 1. The number of nitrogens with zero attached hydrogens (tertiary/aromatic N) is 1. The Morgan fingerprint density at radius 3 is 2.44 bits per heavy atom. The zero-order chi connectivity index (χ0) is 23.5. The van der Waals surface area contributed by atoms with Crippen LogP contribution in [0.5, 0.6) is 0 Å². The lowest BCUT2D eigenvalue weighted by Crippen LogP contribution is -2.50. The number of carbonyl (C=O) groups is 2. The van der Waals surface area contributed by atoms with Gasteiger partial charge in [0.25, 0.3) is 5.91 Å². The largest absolute Gasteiger partial charge is 0.523 e. The second-order valence-corrected chi connectivity index (χ2v) is 9.76. The summed E-state index contributed by atoms with van der Waals surface area (Å²) in [6.45, 7) is 0.935. The SMILES string of the molecule is C[C@@H](OS(=O)(=O)C(F)(F)F)C(=O)N1C(C(=O)OCc2ccccc2)CC2CCCCCC21. The molecule has 2 fully saturated rings. The van der Waals surface area contributed by atoms with Gasteiger partial charge in [0.2, 0.25) is 0 Å². The van der Waals surface area contributed by atoms with Gasteiger partial charge in [-0.1, -0.05) is 49.6 Å². The maximum Gasteiger partial charge on any atom is 0.523 e. The molecule has 0 spiro atoms. The molecule has 1 amide bonds. The van der Waals surface area contributed by atoms with Crippen LogP contribution in [0.2, 0.25) is 0 Å². The normalized spacial score (nSPS) is 25.0. The van der Waals surface area contributed by atoms with Gasteiger partial charge >= 0.3 is 21.6 Å². The lowest BCUT2D eigenvalue weighted by molar-refractivity contribution is -0.158. The van der Waals surface area contributed by atoms with Gasteiger partial charge in [0.05, 0.1) is 0 Å². The molecule has 0 bridgehead atoms. The van der Waals surface area contributed by atoms with Gasteiger partial charge in [-0.15, -0.1) is 0 Å². The second-order valence-electron chi connectivity index (χ2n) is 8.19. The number of rotatable bonds is 6. The molecule has 11 heteroatoms. The zero-order valence-electron chi connectivity index (χ0n) is 17.6. The van der Waals surface area contributed by atoms with Gasteiger partial charge in [-0.3, -0.25) is 8.98 Å². The number of ether oxygens (including phenoxy) is 1. The number of hydrogen-bond acceptors (Lipinski definition) is 6. The molecular weight excluding hydrogens is 451 g/mol. The third-order valence-electron chi connectivity index (χ3n) is 5.99. The number of alkyl halides is 3. The summed E-state index contributed by atoms with van der Waals surface area (Å²) in [5, 5.41) is 0. The van der Waals surface area contributed by atoms with Crippen LogP contribution in [0.25, 0.3) is 0 Å². The molecule has 178 valence electrons. The van der Waals surface area contributed by atoms with Crippen LogP contribution in [0.1, 0.15) is 51.0 Å². The van der Waals surface area contributed by atoms with Gasteiger partial charge < -0.3 is 9.64 Å². The number of halogens is 3. The number of fused-ring (bicyclic) bond motifs is 1. The fourth-order valence-corrected chi connectivity index (χ4v) is 5.06. The highest BCUT2D eigenvalue weighted by atomic mass is 32.2. The molecule has 0 aromatic heterocycles. The van der Waals surface area contributed by atoms with Crippen molar-refractivity contribution >= 4 is 22.0 Å². The summed E-state index contributed by atoms with van der Waals surface area (Å²) in [6.07, 6.45) is 2.42. The molecule has 0 radical (unpaired) electrons. The average molecular weight is 478 g/mol. The highest BCUT2D eigenvalue weighted by Gasteiger charge is 2.52. The highest BCUT2D eigenvalue weighted by Crippen LogP contribution is 2.40. The minimum absolute atomic E-state index is 0.0119. The number of hydrogen-bond donors (Lipinski definition) is 0. The van der Waals surface area contributed by atoms with E-state index >= 15 is 0 Å². The van der Waals surface area contributed by atoms with E-state index in [-0.39, 0.29) is 18.6 Å². The van der Waals surface area contributed by atoms with Crippen molar-refractivity contribution in [3.8, 4) is 0 Å². The first-order valence-electron chi connectivity index (χ1n) is 10.5. The molecule has 1 saturated heterocycles. The van der Waals surface area contributed by atoms with Crippen LogP contribution in [0.15, 0.2) is 30.3 Å². The van der Waals surface area contributed by atoms with Crippen LogP contribution in [0.3, 0.4) is 0 Å². The number of esters is 1. The van der Waals surface area contributed by atoms with Crippen molar-refractivity contribution in [3.05, 3.63) is 35.9 Å². The van der Waals surface area contributed by atoms with E-state index in [0.717, 1.165) is 38.2 Å². The number of benzene rings is 1. The summed E-state index contributed by atoms with van der Waals surface area (Å²) in [5.74, 6) is -1.64. The molecule has 0 N–H and O–H groups in total. The monoisotopic (exact) mass is 477 g/mol. The molecule has 1 aromatic rings. The van der Waals surface area contributed by atoms with Gasteiger partial charge in [0, 0.05) is 6.04 Å². The van der Waals surface area contributed by atoms with Crippen LogP contribution >= 0.6 is 0 Å². The van der Waals surface area contributed by atoms with Crippen LogP contribution in [0.4, 0.5) is 13.2 Å². The number of likely N-dealkylation sites (tertiary alicyclic amines) is 1. The van der Waals surface area contributed by atoms with Crippen molar-refractivity contribution in [2.24, 2.45) is 5.92 Å². The molecule has 7 nitrogen and oxygen atoms in total. The lowest BCUT2D eigenvalue weighted by Gasteiger charge is -2.32. The Kier molecular flexibility index (Phi) is 7.49. The van der Waals surface area contributed by atoms with Crippen LogP contribution < -0.4 is 0 Å². The Hall–Kier alpha value is -2.14. The van der Waals surface area contributed by atoms with Gasteiger partial charge in [-0.25, -0.2) is 4.79 Å². The Morgan fingerprint density at radius 1 is 1.12 bits per heavy atom. The Balaban J connectivity index is 1.79. The molecule has 3 rings (SSSR count). The quantitative estimate of drug-likeness (QED) is 0.354. The maximum atomic E-state index is 13.1. The molecule has 4 atom stereocenters. The molecule has 1 aliphatic heterocycles. The van der Waals surface area contributed by atoms with E-state index in [1.807, 2.05) is 6.07 Å². The van der Waals surface area contributed by atoms with E-state index in [1.165, 1.54) is 4.90 Å². The van der Waals surface area contributed by atoms with Crippen LogP contribution in [-0.2, 0) is 35.2 Å². The smallest absolute Gasteiger partial charge is 0.459 e. The minimum atomic E-state index is -5.96. The first-order valence-corrected chi connectivity index (χ1v) is 11.9. The van der Waals surface area contributed by atoms with E-state index in [4.69, 9.17) is 4.74 Å². The minimum Gasteiger partial charge on any atom is -0.459 e. The van der Waals surface area contributed by atoms with Crippen molar-refractivity contribution in [3.63, 3.8) is 0 Å². The molecular formula is C21H26F3NO6S. The molecule has 32 heavy (non-hydrogen) atoms. The summed E-state index contributed by atoms with van der Waals surface area (Å²) in [4.78, 5) is 27.2. The van der Waals surface area contributed by atoms with Crippen molar-refractivity contribution in [1.82, 2.24) is 4.90 Å². The summed E-state index contributed by atoms with van der Waals surface area (Å²) < 4.78 is 70.4. The Labute approximate surface area is 185 Å². The molecule has 2 aliphatic rings. The van der Waals surface area contributed by atoms with Crippen molar-refractivity contribution in [2.45, 2.75) is 75.8 Å². The second kappa shape index (κ2) is 9.78. The predicted octanol–water partition coefficient (Wildman–Crippen LogP) is 3.53. The topological polar surface area (TPSA) is 90.0 Å². The molecule has 1 heterocycles. The van der Waals surface area contributed by atoms with Gasteiger partial charge in [-0.05, 0) is 37.7 Å². The third kappa shape index (κ3) is 5.43. The Morgan fingerprint density at radius 2 is 1.78 bits per heavy atom. The standard InChI is InChI=1S/C21H26F3NO6S/c1-14(31-32(28,29)21(22,23)24)19(26)25-17-11-7-3-6-10-16(17)12-18(25)20(27)30-13-15-8-4-2-5-9-15/h2,4-5,8-9,14,16-18H,3,6-7,10-13H2,1H3/t14-,16?,17?,18?/m1/s1. The first-order chi connectivity index (χ1) is 15.0. The summed E-state index contributed by atoms with van der Waals surface area (Å²) in [6, 6.07) is 7.55. The van der Waals surface area contributed by atoms with Crippen molar-refractivity contribution < 1.29 is 40.1 Å². The molecule has 1 aliphatic carbocycles. The lowest BCUT2D eigenvalue weighted by atomic mass is 9.94. The van der Waals surface area contributed by atoms with E-state index < -0.39 is 39.6 Å². The fraction of sp³-hybridized carbons (Fsp3) is 0.619. The number of carbonyl (C=O) groups excluding carboxylic acids is 2. The summed E-state index contributed by atoms with van der Waals surface area (Å²) in [5.41, 5.74) is -4.90. The molecule has 3 unspecified atom stereocenters. The Bertz CT molecular complexity index is 921. The van der Waals surface area contributed by atoms with E-state index in [2.05, 4.69) is 4.18 Å². The van der Waals surface area contributed by atoms with Gasteiger partial charge in [0.15, 0.2) is 6.10 Å². The van der Waals surface area contributed by atoms with Gasteiger partial charge in [0.1, 0.15) is 12.6 Å². The zero-order valence-corrected chi connectivity index (χ0v) is 18.4. The maximum absolute atomic E-state index is 13.1.